The zero-order chi connectivity index (χ0) is 19.5. The lowest BCUT2D eigenvalue weighted by Gasteiger charge is -2.30. The van der Waals surface area contributed by atoms with Crippen LogP contribution >= 0.6 is 0 Å². The number of anilines is 1. The van der Waals surface area contributed by atoms with Gasteiger partial charge in [-0.05, 0) is 31.5 Å². The summed E-state index contributed by atoms with van der Waals surface area (Å²) >= 11 is 0. The maximum Gasteiger partial charge on any atom is 0.250 e. The molecule has 3 unspecified atom stereocenters. The van der Waals surface area contributed by atoms with E-state index in [1.165, 1.54) is 30.0 Å². The van der Waals surface area contributed by atoms with E-state index < -0.39 is 47.2 Å². The predicted molar refractivity (Wildman–Crippen MR) is 93.9 cm³/mol. The second-order valence-corrected chi connectivity index (χ2v) is 7.55. The molecule has 0 bridgehead atoms. The van der Waals surface area contributed by atoms with Crippen molar-refractivity contribution >= 4 is 23.4 Å². The van der Waals surface area contributed by atoms with Gasteiger partial charge in [0.2, 0.25) is 17.7 Å². The number of hydrogen-bond acceptors (Lipinski definition) is 5. The molecule has 1 aromatic carbocycles. The molecule has 3 aliphatic rings. The third kappa shape index (κ3) is 2.29. The molecule has 27 heavy (non-hydrogen) atoms. The number of aliphatic hydroxyl groups is 1. The summed E-state index contributed by atoms with van der Waals surface area (Å²) in [5, 5.41) is 16.0. The number of rotatable bonds is 4. The van der Waals surface area contributed by atoms with E-state index in [0.717, 1.165) is 6.42 Å². The minimum absolute atomic E-state index is 0.279. The van der Waals surface area contributed by atoms with Gasteiger partial charge in [0.05, 0.1) is 17.9 Å². The Morgan fingerprint density at radius 3 is 2.70 bits per heavy atom. The van der Waals surface area contributed by atoms with E-state index in [1.54, 1.807) is 0 Å². The fraction of sp³-hybridized carbons (Fsp3) is 0.526. The van der Waals surface area contributed by atoms with E-state index in [2.05, 4.69) is 10.6 Å². The number of halogens is 1. The van der Waals surface area contributed by atoms with Gasteiger partial charge in [-0.2, -0.15) is 0 Å². The summed E-state index contributed by atoms with van der Waals surface area (Å²) in [5.74, 6) is -3.74. The van der Waals surface area contributed by atoms with E-state index >= 15 is 0 Å². The SMILES string of the molecule is CCCCN1C(=O)[C@H]2C(C(C)O)NC3(C(=O)Nc4ccc(F)cc43)[C@H]2C1=O. The third-order valence-corrected chi connectivity index (χ3v) is 5.96. The van der Waals surface area contributed by atoms with Gasteiger partial charge in [0.1, 0.15) is 11.4 Å². The molecule has 3 N–H and O–H groups in total. The number of nitrogens with zero attached hydrogens (tertiary/aromatic N) is 1. The molecular formula is C19H22FN3O4. The highest BCUT2D eigenvalue weighted by Gasteiger charge is 2.71. The van der Waals surface area contributed by atoms with Crippen molar-refractivity contribution in [2.24, 2.45) is 11.8 Å². The number of nitrogens with one attached hydrogen (secondary N) is 2. The average molecular weight is 375 g/mol. The highest BCUT2D eigenvalue weighted by Crippen LogP contribution is 2.53. The molecule has 1 spiro atoms. The lowest BCUT2D eigenvalue weighted by molar-refractivity contribution is -0.143. The summed E-state index contributed by atoms with van der Waals surface area (Å²) in [6.45, 7) is 3.75. The number of imide groups is 1. The molecule has 0 radical (unpaired) electrons. The standard InChI is InChI=1S/C19H22FN3O4/c1-3-4-7-23-16(25)13-14(17(23)26)19(22-15(13)9(2)24)11-8-10(20)5-6-12(11)21-18(19)27/h5-6,8-9,13-15,22,24H,3-4,7H2,1-2H3,(H,21,27)/t9?,13-,14-,15?,19?/m1/s1. The summed E-state index contributed by atoms with van der Waals surface area (Å²) in [7, 11) is 0. The number of likely N-dealkylation sites (tertiary alicyclic amines) is 1. The lowest BCUT2D eigenvalue weighted by Crippen LogP contribution is -2.54. The van der Waals surface area contributed by atoms with Crippen molar-refractivity contribution in [2.45, 2.75) is 44.4 Å². The van der Waals surface area contributed by atoms with Crippen LogP contribution in [0.5, 0.6) is 0 Å². The molecule has 2 fully saturated rings. The second kappa shape index (κ2) is 6.10. The molecule has 144 valence electrons. The van der Waals surface area contributed by atoms with Gasteiger partial charge >= 0.3 is 0 Å². The highest BCUT2D eigenvalue weighted by molar-refractivity contribution is 6.15. The van der Waals surface area contributed by atoms with Crippen molar-refractivity contribution in [1.29, 1.82) is 0 Å². The summed E-state index contributed by atoms with van der Waals surface area (Å²) in [5.41, 5.74) is -0.840. The number of amides is 3. The summed E-state index contributed by atoms with van der Waals surface area (Å²) < 4.78 is 14.0. The van der Waals surface area contributed by atoms with Crippen LogP contribution in [0.1, 0.15) is 32.3 Å². The van der Waals surface area contributed by atoms with Crippen LogP contribution in [0.15, 0.2) is 18.2 Å². The highest BCUT2D eigenvalue weighted by atomic mass is 19.1. The minimum Gasteiger partial charge on any atom is -0.392 e. The van der Waals surface area contributed by atoms with Crippen molar-refractivity contribution in [3.8, 4) is 0 Å². The molecule has 3 amide bonds. The van der Waals surface area contributed by atoms with E-state index in [0.29, 0.717) is 17.7 Å². The number of benzene rings is 1. The number of hydrogen-bond donors (Lipinski definition) is 3. The van der Waals surface area contributed by atoms with E-state index in [1.807, 2.05) is 6.92 Å². The van der Waals surface area contributed by atoms with Crippen molar-refractivity contribution in [3.63, 3.8) is 0 Å². The molecule has 3 aliphatic heterocycles. The lowest BCUT2D eigenvalue weighted by atomic mass is 9.76. The van der Waals surface area contributed by atoms with Crippen LogP contribution in [0, 0.1) is 17.7 Å². The van der Waals surface area contributed by atoms with E-state index in [9.17, 15) is 23.9 Å². The first-order valence-corrected chi connectivity index (χ1v) is 9.25. The molecule has 7 nitrogen and oxygen atoms in total. The van der Waals surface area contributed by atoms with Crippen LogP contribution in [0.3, 0.4) is 0 Å². The van der Waals surface area contributed by atoms with Gasteiger partial charge in [0, 0.05) is 23.8 Å². The maximum absolute atomic E-state index is 14.0. The Morgan fingerprint density at radius 2 is 2.04 bits per heavy atom. The molecule has 8 heteroatoms. The van der Waals surface area contributed by atoms with Crippen molar-refractivity contribution in [1.82, 2.24) is 10.2 Å². The summed E-state index contributed by atoms with van der Waals surface area (Å²) in [6.07, 6.45) is 0.503. The van der Waals surface area contributed by atoms with Crippen LogP contribution in [0.2, 0.25) is 0 Å². The Bertz CT molecular complexity index is 842. The van der Waals surface area contributed by atoms with E-state index in [-0.39, 0.29) is 12.5 Å². The van der Waals surface area contributed by atoms with Crippen LogP contribution < -0.4 is 10.6 Å². The first-order valence-electron chi connectivity index (χ1n) is 9.25. The maximum atomic E-state index is 14.0. The predicted octanol–water partition coefficient (Wildman–Crippen LogP) is 0.727. The Hall–Kier alpha value is -2.32. The topological polar surface area (TPSA) is 98.7 Å². The third-order valence-electron chi connectivity index (χ3n) is 5.96. The van der Waals surface area contributed by atoms with Gasteiger partial charge in [-0.25, -0.2) is 4.39 Å². The van der Waals surface area contributed by atoms with E-state index in [4.69, 9.17) is 0 Å². The average Bonchev–Trinajstić information content (AvgIpc) is 3.20. The molecule has 3 heterocycles. The Labute approximate surface area is 155 Å². The zero-order valence-corrected chi connectivity index (χ0v) is 15.2. The molecule has 0 aliphatic carbocycles. The number of carbonyl (C=O) groups is 3. The van der Waals surface area contributed by atoms with Gasteiger partial charge in [-0.1, -0.05) is 13.3 Å². The Balaban J connectivity index is 1.86. The monoisotopic (exact) mass is 375 g/mol. The van der Waals surface area contributed by atoms with Crippen LogP contribution in [-0.4, -0.2) is 46.4 Å². The molecule has 1 aromatic rings. The molecule has 0 saturated carbocycles. The van der Waals surface area contributed by atoms with Gasteiger partial charge in [0.25, 0.3) is 0 Å². The first-order chi connectivity index (χ1) is 12.8. The smallest absolute Gasteiger partial charge is 0.250 e. The van der Waals surface area contributed by atoms with Gasteiger partial charge < -0.3 is 10.4 Å². The number of fused-ring (bicyclic) bond motifs is 4. The van der Waals surface area contributed by atoms with Crippen LogP contribution in [0.4, 0.5) is 10.1 Å². The molecule has 2 saturated heterocycles. The van der Waals surface area contributed by atoms with Gasteiger partial charge in [-0.15, -0.1) is 0 Å². The quantitative estimate of drug-likeness (QED) is 0.674. The number of unbranched alkanes of at least 4 members (excludes halogenated alkanes) is 1. The molecule has 5 atom stereocenters. The van der Waals surface area contributed by atoms with Crippen LogP contribution in [0.25, 0.3) is 0 Å². The summed E-state index contributed by atoms with van der Waals surface area (Å²) in [4.78, 5) is 40.4. The normalized spacial score (nSPS) is 32.8. The second-order valence-electron chi connectivity index (χ2n) is 7.55. The summed E-state index contributed by atoms with van der Waals surface area (Å²) in [6, 6.07) is 3.11. The Morgan fingerprint density at radius 1 is 1.30 bits per heavy atom. The molecule has 4 rings (SSSR count). The molecule has 0 aromatic heterocycles. The Kier molecular flexibility index (Phi) is 4.08. The van der Waals surface area contributed by atoms with Crippen molar-refractivity contribution in [3.05, 3.63) is 29.6 Å². The van der Waals surface area contributed by atoms with Crippen LogP contribution in [-0.2, 0) is 19.9 Å². The fourth-order valence-electron chi connectivity index (χ4n) is 4.71. The minimum atomic E-state index is -1.56. The van der Waals surface area contributed by atoms with Gasteiger partial charge in [0.15, 0.2) is 0 Å². The van der Waals surface area contributed by atoms with Gasteiger partial charge in [-0.3, -0.25) is 24.6 Å². The number of aliphatic hydroxyl groups excluding tert-OH is 1. The molecular weight excluding hydrogens is 353 g/mol. The van der Waals surface area contributed by atoms with Crippen molar-refractivity contribution in [2.75, 3.05) is 11.9 Å². The zero-order valence-electron chi connectivity index (χ0n) is 15.2. The fourth-order valence-corrected chi connectivity index (χ4v) is 4.71. The van der Waals surface area contributed by atoms with Crippen molar-refractivity contribution < 1.29 is 23.9 Å². The largest absolute Gasteiger partial charge is 0.392 e. The number of carbonyl (C=O) groups excluding carboxylic acids is 3. The first kappa shape index (κ1) is 18.1.